The van der Waals surface area contributed by atoms with Gasteiger partial charge in [0.2, 0.25) is 5.88 Å². The lowest BCUT2D eigenvalue weighted by molar-refractivity contribution is 0.133. The predicted molar refractivity (Wildman–Crippen MR) is 48.6 cm³/mol. The van der Waals surface area contributed by atoms with Crippen molar-refractivity contribution in [2.75, 3.05) is 18.8 Å². The van der Waals surface area contributed by atoms with Gasteiger partial charge in [-0.05, 0) is 6.07 Å². The molecule has 1 aromatic rings. The molecule has 0 unspecified atom stereocenters. The van der Waals surface area contributed by atoms with Crippen molar-refractivity contribution in [1.29, 1.82) is 0 Å². The minimum Gasteiger partial charge on any atom is -0.469 e. The number of nitrogens with two attached hydrogens (primary N) is 1. The third kappa shape index (κ3) is 1.90. The molecule has 1 aliphatic rings. The van der Waals surface area contributed by atoms with Gasteiger partial charge in [0, 0.05) is 19.2 Å². The summed E-state index contributed by atoms with van der Waals surface area (Å²) < 4.78 is 18.4. The summed E-state index contributed by atoms with van der Waals surface area (Å²) in [6.07, 6.45) is -1.47. The smallest absolute Gasteiger partial charge is 0.233 e. The minimum absolute atomic E-state index is 0.301. The highest BCUT2D eigenvalue weighted by Crippen LogP contribution is 2.13. The normalized spacial score (nSPS) is 26.4. The Labute approximate surface area is 80.5 Å². The highest BCUT2D eigenvalue weighted by molar-refractivity contribution is 5.27. The Morgan fingerprint density at radius 3 is 2.86 bits per heavy atom. The van der Waals surface area contributed by atoms with Gasteiger partial charge in [0.25, 0.3) is 0 Å². The third-order valence-electron chi connectivity index (χ3n) is 2.02. The van der Waals surface area contributed by atoms with Crippen molar-refractivity contribution >= 4 is 5.82 Å². The number of hydrogen-bond acceptors (Lipinski definition) is 5. The second-order valence-electron chi connectivity index (χ2n) is 3.13. The third-order valence-corrected chi connectivity index (χ3v) is 2.02. The number of nitrogens with zero attached hydrogens (tertiary/aromatic N) is 2. The highest BCUT2D eigenvalue weighted by atomic mass is 19.1. The monoisotopic (exact) mass is 198 g/mol. The average Bonchev–Trinajstić information content (AvgIpc) is 2.56. The number of halogens is 1. The molecule has 3 N–H and O–H groups in total. The number of nitrogens with one attached hydrogen (secondary N) is 1. The molecule has 2 rings (SSSR count). The maximum atomic E-state index is 13.1. The van der Waals surface area contributed by atoms with Gasteiger partial charge in [-0.2, -0.15) is 0 Å². The molecule has 0 aliphatic carbocycles. The van der Waals surface area contributed by atoms with Crippen LogP contribution < -0.4 is 15.8 Å². The fourth-order valence-electron chi connectivity index (χ4n) is 1.29. The summed E-state index contributed by atoms with van der Waals surface area (Å²) in [6, 6.07) is 3.14. The first-order valence-corrected chi connectivity index (χ1v) is 4.36. The first-order chi connectivity index (χ1) is 6.75. The summed E-state index contributed by atoms with van der Waals surface area (Å²) in [5, 5.41) is 10.2. The standard InChI is InChI=1S/C8H11FN4O/c9-5-3-11-4-6(5)14-8-2-1-7(10)12-13-8/h1-2,5-6,11H,3-4H2,(H2,10,12)/t5-,6-/m0/s1. The summed E-state index contributed by atoms with van der Waals surface area (Å²) in [4.78, 5) is 0. The maximum absolute atomic E-state index is 13.1. The van der Waals surface area contributed by atoms with Crippen LogP contribution in [0.25, 0.3) is 0 Å². The van der Waals surface area contributed by atoms with Crippen LogP contribution in [0.5, 0.6) is 5.88 Å². The Balaban J connectivity index is 2.00. The molecular weight excluding hydrogens is 187 g/mol. The largest absolute Gasteiger partial charge is 0.469 e. The molecule has 0 aromatic carbocycles. The Bertz CT molecular complexity index is 305. The van der Waals surface area contributed by atoms with Crippen LogP contribution in [0, 0.1) is 0 Å². The molecule has 1 aliphatic heterocycles. The molecule has 6 heteroatoms. The molecule has 0 spiro atoms. The zero-order valence-corrected chi connectivity index (χ0v) is 7.48. The lowest BCUT2D eigenvalue weighted by atomic mass is 10.3. The van der Waals surface area contributed by atoms with E-state index in [9.17, 15) is 4.39 Å². The van der Waals surface area contributed by atoms with E-state index in [2.05, 4.69) is 15.5 Å². The molecule has 0 bridgehead atoms. The number of nitrogen functional groups attached to an aromatic ring is 1. The van der Waals surface area contributed by atoms with Crippen LogP contribution in [0.2, 0.25) is 0 Å². The van der Waals surface area contributed by atoms with Crippen molar-refractivity contribution in [3.8, 4) is 5.88 Å². The second-order valence-corrected chi connectivity index (χ2v) is 3.13. The van der Waals surface area contributed by atoms with Crippen LogP contribution in [-0.2, 0) is 0 Å². The maximum Gasteiger partial charge on any atom is 0.233 e. The zero-order chi connectivity index (χ0) is 9.97. The Kier molecular flexibility index (Phi) is 2.45. The molecule has 14 heavy (non-hydrogen) atoms. The molecule has 0 amide bonds. The number of hydrogen-bond donors (Lipinski definition) is 2. The Morgan fingerprint density at radius 1 is 1.43 bits per heavy atom. The fourth-order valence-corrected chi connectivity index (χ4v) is 1.29. The van der Waals surface area contributed by atoms with Gasteiger partial charge in [0.1, 0.15) is 11.9 Å². The van der Waals surface area contributed by atoms with E-state index in [1.54, 1.807) is 12.1 Å². The van der Waals surface area contributed by atoms with Gasteiger partial charge in [-0.3, -0.25) is 0 Å². The van der Waals surface area contributed by atoms with E-state index in [4.69, 9.17) is 10.5 Å². The minimum atomic E-state index is -0.991. The van der Waals surface area contributed by atoms with Crippen molar-refractivity contribution in [3.63, 3.8) is 0 Å². The second kappa shape index (κ2) is 3.75. The van der Waals surface area contributed by atoms with Gasteiger partial charge in [-0.15, -0.1) is 10.2 Å². The van der Waals surface area contributed by atoms with E-state index in [1.165, 1.54) is 0 Å². The van der Waals surface area contributed by atoms with E-state index in [0.717, 1.165) is 0 Å². The summed E-state index contributed by atoms with van der Waals surface area (Å²) in [5.74, 6) is 0.620. The number of alkyl halides is 1. The van der Waals surface area contributed by atoms with Crippen molar-refractivity contribution < 1.29 is 9.13 Å². The van der Waals surface area contributed by atoms with Crippen LogP contribution in [0.1, 0.15) is 0 Å². The van der Waals surface area contributed by atoms with E-state index >= 15 is 0 Å². The lowest BCUT2D eigenvalue weighted by Gasteiger charge is -2.12. The van der Waals surface area contributed by atoms with Crippen molar-refractivity contribution in [2.45, 2.75) is 12.3 Å². The lowest BCUT2D eigenvalue weighted by Crippen LogP contribution is -2.27. The van der Waals surface area contributed by atoms with Crippen molar-refractivity contribution in [2.24, 2.45) is 0 Å². The summed E-state index contributed by atoms with van der Waals surface area (Å²) >= 11 is 0. The summed E-state index contributed by atoms with van der Waals surface area (Å²) in [6.45, 7) is 0.820. The van der Waals surface area contributed by atoms with E-state index < -0.39 is 12.3 Å². The number of anilines is 1. The van der Waals surface area contributed by atoms with E-state index in [1.807, 2.05) is 0 Å². The van der Waals surface area contributed by atoms with Crippen LogP contribution in [0.3, 0.4) is 0 Å². The van der Waals surface area contributed by atoms with Crippen LogP contribution in [-0.4, -0.2) is 35.6 Å². The predicted octanol–water partition coefficient (Wildman–Crippen LogP) is -0.253. The topological polar surface area (TPSA) is 73.1 Å². The molecule has 5 nitrogen and oxygen atoms in total. The van der Waals surface area contributed by atoms with Gasteiger partial charge < -0.3 is 15.8 Å². The first kappa shape index (κ1) is 9.14. The zero-order valence-electron chi connectivity index (χ0n) is 7.48. The van der Waals surface area contributed by atoms with Gasteiger partial charge in [-0.1, -0.05) is 0 Å². The molecule has 2 heterocycles. The van der Waals surface area contributed by atoms with Crippen LogP contribution in [0.15, 0.2) is 12.1 Å². The van der Waals surface area contributed by atoms with Crippen molar-refractivity contribution in [1.82, 2.24) is 15.5 Å². The van der Waals surface area contributed by atoms with Crippen LogP contribution >= 0.6 is 0 Å². The summed E-state index contributed by atoms with van der Waals surface area (Å²) in [5.41, 5.74) is 5.35. The number of aromatic nitrogens is 2. The van der Waals surface area contributed by atoms with Gasteiger partial charge in [-0.25, -0.2) is 4.39 Å². The quantitative estimate of drug-likeness (QED) is 0.685. The Hall–Kier alpha value is -1.43. The first-order valence-electron chi connectivity index (χ1n) is 4.36. The van der Waals surface area contributed by atoms with Crippen molar-refractivity contribution in [3.05, 3.63) is 12.1 Å². The van der Waals surface area contributed by atoms with Gasteiger partial charge in [0.15, 0.2) is 6.17 Å². The van der Waals surface area contributed by atoms with Gasteiger partial charge >= 0.3 is 0 Å². The van der Waals surface area contributed by atoms with Crippen LogP contribution in [0.4, 0.5) is 10.2 Å². The summed E-state index contributed by atoms with van der Waals surface area (Å²) in [7, 11) is 0. The molecule has 0 radical (unpaired) electrons. The molecular formula is C8H11FN4O. The SMILES string of the molecule is Nc1ccc(O[C@H]2CNC[C@@H]2F)nn1. The Morgan fingerprint density at radius 2 is 2.29 bits per heavy atom. The molecule has 1 aromatic heterocycles. The molecule has 0 saturated carbocycles. The molecule has 1 fully saturated rings. The van der Waals surface area contributed by atoms with Gasteiger partial charge in [0.05, 0.1) is 0 Å². The average molecular weight is 198 g/mol. The fraction of sp³-hybridized carbons (Fsp3) is 0.500. The number of ether oxygens (including phenoxy) is 1. The number of rotatable bonds is 2. The molecule has 2 atom stereocenters. The molecule has 76 valence electrons. The highest BCUT2D eigenvalue weighted by Gasteiger charge is 2.28. The van der Waals surface area contributed by atoms with E-state index in [0.29, 0.717) is 24.8 Å². The van der Waals surface area contributed by atoms with E-state index in [-0.39, 0.29) is 0 Å². The molecule has 1 saturated heterocycles.